The van der Waals surface area contributed by atoms with E-state index in [4.69, 9.17) is 27.9 Å². The molecule has 1 unspecified atom stereocenters. The monoisotopic (exact) mass is 488 g/mol. The quantitative estimate of drug-likeness (QED) is 0.553. The van der Waals surface area contributed by atoms with E-state index in [-0.39, 0.29) is 0 Å². The first-order chi connectivity index (χ1) is 14.3. The highest BCUT2D eigenvalue weighted by Gasteiger charge is 2.30. The summed E-state index contributed by atoms with van der Waals surface area (Å²) in [7, 11) is -1.31. The Bertz CT molecular complexity index is 931. The fourth-order valence-electron chi connectivity index (χ4n) is 3.16. The van der Waals surface area contributed by atoms with Gasteiger partial charge in [-0.05, 0) is 70.9 Å². The molecule has 1 N–H and O–H groups in total. The van der Waals surface area contributed by atoms with Crippen molar-refractivity contribution in [1.29, 1.82) is 0 Å². The van der Waals surface area contributed by atoms with Gasteiger partial charge < -0.3 is 14.7 Å². The first-order valence-electron chi connectivity index (χ1n) is 9.99. The molecule has 9 heteroatoms. The third-order valence-electron chi connectivity index (χ3n) is 5.35. The van der Waals surface area contributed by atoms with E-state index in [9.17, 15) is 14.1 Å². The van der Waals surface area contributed by atoms with Crippen LogP contribution in [-0.2, 0) is 15.8 Å². The van der Waals surface area contributed by atoms with E-state index < -0.39 is 22.6 Å². The molecule has 1 aromatic carbocycles. The van der Waals surface area contributed by atoms with Crippen LogP contribution >= 0.6 is 23.2 Å². The summed E-state index contributed by atoms with van der Waals surface area (Å²) in [6.45, 7) is 13.3. The van der Waals surface area contributed by atoms with E-state index in [1.54, 1.807) is 25.1 Å². The molecule has 0 spiro atoms. The SMILES string of the molecule is C/C(Cl)=C(Cl)\C(C)=C(/C)N1CCN(S(=O)c2ccc(OC(C)(C)C(=O)O)c(C)c2)CC1. The smallest absolute Gasteiger partial charge is 0.347 e. The van der Waals surface area contributed by atoms with Gasteiger partial charge in [0.25, 0.3) is 0 Å². The molecule has 1 heterocycles. The highest BCUT2D eigenvalue weighted by molar-refractivity contribution is 7.82. The Morgan fingerprint density at radius 2 is 1.71 bits per heavy atom. The van der Waals surface area contributed by atoms with Crippen molar-refractivity contribution in [1.82, 2.24) is 9.21 Å². The zero-order chi connectivity index (χ0) is 23.5. The number of allylic oxidation sites excluding steroid dienone is 4. The van der Waals surface area contributed by atoms with E-state index in [1.165, 1.54) is 13.8 Å². The van der Waals surface area contributed by atoms with Crippen LogP contribution in [0.25, 0.3) is 0 Å². The molecule has 31 heavy (non-hydrogen) atoms. The minimum Gasteiger partial charge on any atom is -0.478 e. The molecule has 0 amide bonds. The number of piperazine rings is 1. The van der Waals surface area contributed by atoms with Gasteiger partial charge in [-0.1, -0.05) is 23.2 Å². The number of carboxylic acids is 1. The van der Waals surface area contributed by atoms with Gasteiger partial charge in [-0.15, -0.1) is 0 Å². The summed E-state index contributed by atoms with van der Waals surface area (Å²) in [6.07, 6.45) is 0. The van der Waals surface area contributed by atoms with Gasteiger partial charge in [-0.25, -0.2) is 13.3 Å². The van der Waals surface area contributed by atoms with Gasteiger partial charge in [-0.2, -0.15) is 0 Å². The molecule has 0 bridgehead atoms. The largest absolute Gasteiger partial charge is 0.478 e. The number of carboxylic acid groups (broad SMARTS) is 1. The second kappa shape index (κ2) is 10.4. The van der Waals surface area contributed by atoms with Crippen molar-refractivity contribution in [2.75, 3.05) is 26.2 Å². The van der Waals surface area contributed by atoms with Gasteiger partial charge in [-0.3, -0.25) is 0 Å². The molecule has 1 atom stereocenters. The zero-order valence-electron chi connectivity index (χ0n) is 18.8. The Hall–Kier alpha value is -1.54. The Labute approximate surface area is 197 Å². The molecular formula is C22H30Cl2N2O4S. The van der Waals surface area contributed by atoms with Crippen molar-refractivity contribution in [3.8, 4) is 5.75 Å². The molecule has 1 aliphatic heterocycles. The van der Waals surface area contributed by atoms with Crippen LogP contribution in [0.3, 0.4) is 0 Å². The van der Waals surface area contributed by atoms with Crippen molar-refractivity contribution in [3.63, 3.8) is 0 Å². The fraction of sp³-hybridized carbons (Fsp3) is 0.500. The topological polar surface area (TPSA) is 70.1 Å². The molecule has 0 saturated carbocycles. The van der Waals surface area contributed by atoms with E-state index in [2.05, 4.69) is 4.90 Å². The van der Waals surface area contributed by atoms with Crippen LogP contribution in [0, 0.1) is 6.92 Å². The lowest BCUT2D eigenvalue weighted by Crippen LogP contribution is -2.46. The number of aliphatic carboxylic acids is 1. The highest BCUT2D eigenvalue weighted by atomic mass is 35.5. The van der Waals surface area contributed by atoms with E-state index >= 15 is 0 Å². The van der Waals surface area contributed by atoms with Gasteiger partial charge >= 0.3 is 5.97 Å². The normalized spacial score (nSPS) is 18.3. The van der Waals surface area contributed by atoms with E-state index in [0.29, 0.717) is 33.8 Å². The van der Waals surface area contributed by atoms with Crippen LogP contribution in [0.5, 0.6) is 5.75 Å². The van der Waals surface area contributed by atoms with Crippen LogP contribution in [0.1, 0.15) is 40.2 Å². The summed E-state index contributed by atoms with van der Waals surface area (Å²) < 4.78 is 20.6. The molecule has 0 radical (unpaired) electrons. The lowest BCUT2D eigenvalue weighted by atomic mass is 10.1. The minimum atomic E-state index is -1.34. The first-order valence-corrected chi connectivity index (χ1v) is 11.9. The summed E-state index contributed by atoms with van der Waals surface area (Å²) >= 11 is 12.3. The zero-order valence-corrected chi connectivity index (χ0v) is 21.1. The molecule has 2 rings (SSSR count). The Morgan fingerprint density at radius 1 is 1.13 bits per heavy atom. The van der Waals surface area contributed by atoms with Crippen LogP contribution in [0.15, 0.2) is 44.4 Å². The van der Waals surface area contributed by atoms with Crippen molar-refractivity contribution in [3.05, 3.63) is 45.1 Å². The van der Waals surface area contributed by atoms with Crippen LogP contribution in [0.4, 0.5) is 0 Å². The molecule has 1 aromatic rings. The second-order valence-corrected chi connectivity index (χ2v) is 10.5. The predicted octanol–water partition coefficient (Wildman–Crippen LogP) is 4.88. The summed E-state index contributed by atoms with van der Waals surface area (Å²) in [6, 6.07) is 5.20. The van der Waals surface area contributed by atoms with Crippen LogP contribution < -0.4 is 4.74 Å². The van der Waals surface area contributed by atoms with Crippen LogP contribution in [0.2, 0.25) is 0 Å². The molecular weight excluding hydrogens is 459 g/mol. The number of benzene rings is 1. The van der Waals surface area contributed by atoms with Gasteiger partial charge in [0.2, 0.25) is 0 Å². The number of carbonyl (C=O) groups is 1. The maximum atomic E-state index is 13.1. The second-order valence-electron chi connectivity index (χ2n) is 8.07. The summed E-state index contributed by atoms with van der Waals surface area (Å²) in [5, 5.41) is 10.4. The first kappa shape index (κ1) is 25.7. The van der Waals surface area contributed by atoms with Gasteiger partial charge in [0.1, 0.15) is 16.7 Å². The number of aryl methyl sites for hydroxylation is 1. The third kappa shape index (κ3) is 6.25. The molecule has 0 aromatic heterocycles. The molecule has 1 aliphatic rings. The molecule has 1 fully saturated rings. The van der Waals surface area contributed by atoms with Crippen molar-refractivity contribution in [2.24, 2.45) is 0 Å². The average Bonchev–Trinajstić information content (AvgIpc) is 2.72. The lowest BCUT2D eigenvalue weighted by molar-refractivity contribution is -0.152. The Kier molecular flexibility index (Phi) is 8.62. The maximum absolute atomic E-state index is 13.1. The molecule has 1 saturated heterocycles. The van der Waals surface area contributed by atoms with E-state index in [1.807, 2.05) is 25.1 Å². The third-order valence-corrected chi connectivity index (χ3v) is 7.69. The highest BCUT2D eigenvalue weighted by Crippen LogP contribution is 2.28. The Morgan fingerprint density at radius 3 is 2.19 bits per heavy atom. The number of hydrogen-bond acceptors (Lipinski definition) is 4. The Balaban J connectivity index is 2.08. The van der Waals surface area contributed by atoms with E-state index in [0.717, 1.165) is 29.9 Å². The van der Waals surface area contributed by atoms with Gasteiger partial charge in [0.05, 0.1) is 9.93 Å². The van der Waals surface area contributed by atoms with Crippen molar-refractivity contribution in [2.45, 2.75) is 52.0 Å². The predicted molar refractivity (Wildman–Crippen MR) is 126 cm³/mol. The van der Waals surface area contributed by atoms with Crippen molar-refractivity contribution >= 4 is 40.2 Å². The summed E-state index contributed by atoms with van der Waals surface area (Å²) in [5.74, 6) is -0.580. The van der Waals surface area contributed by atoms with Crippen molar-refractivity contribution < 1.29 is 18.8 Å². The molecule has 172 valence electrons. The number of rotatable bonds is 7. The number of hydrogen-bond donors (Lipinski definition) is 1. The minimum absolute atomic E-state index is 0.466. The molecule has 0 aliphatic carbocycles. The van der Waals surface area contributed by atoms with Gasteiger partial charge in [0, 0.05) is 36.9 Å². The fourth-order valence-corrected chi connectivity index (χ4v) is 4.69. The summed E-state index contributed by atoms with van der Waals surface area (Å²) in [5.41, 5.74) is 1.41. The molecule has 6 nitrogen and oxygen atoms in total. The number of nitrogens with zero attached hydrogens (tertiary/aromatic N) is 2. The maximum Gasteiger partial charge on any atom is 0.347 e. The number of halogens is 2. The average molecular weight is 489 g/mol. The lowest BCUT2D eigenvalue weighted by Gasteiger charge is -2.36. The van der Waals surface area contributed by atoms with Crippen LogP contribution in [-0.4, -0.2) is 56.3 Å². The standard InChI is InChI=1S/C22H30Cl2N2O4S/c1-14-13-18(7-8-19(14)30-22(5,6)21(27)28)31(29)26-11-9-25(10-12-26)17(4)15(2)20(24)16(3)23/h7-8,13H,9-12H2,1-6H3,(H,27,28)/b17-15+,20-16-. The number of ether oxygens (including phenoxy) is 1. The summed E-state index contributed by atoms with van der Waals surface area (Å²) in [4.78, 5) is 14.2. The van der Waals surface area contributed by atoms with Gasteiger partial charge in [0.15, 0.2) is 5.60 Å².